The van der Waals surface area contributed by atoms with Crippen LogP contribution in [-0.2, 0) is 4.79 Å². The Kier molecular flexibility index (Phi) is 3.45. The minimum absolute atomic E-state index is 0.246. The molecule has 22 heavy (non-hydrogen) atoms. The quantitative estimate of drug-likeness (QED) is 0.855. The van der Waals surface area contributed by atoms with Crippen molar-refractivity contribution >= 4 is 5.91 Å². The Morgan fingerprint density at radius 3 is 2.91 bits per heavy atom. The van der Waals surface area contributed by atoms with E-state index in [1.165, 1.54) is 5.56 Å². The van der Waals surface area contributed by atoms with Crippen molar-refractivity contribution in [3.8, 4) is 11.5 Å². The average molecular weight is 302 g/mol. The Hall–Kier alpha value is -1.75. The number of ether oxygens (including phenoxy) is 2. The molecular weight excluding hydrogens is 280 g/mol. The maximum Gasteiger partial charge on any atom is 0.236 e. The lowest BCUT2D eigenvalue weighted by Crippen LogP contribution is -2.39. The molecule has 2 heterocycles. The van der Waals surface area contributed by atoms with E-state index >= 15 is 0 Å². The zero-order valence-corrected chi connectivity index (χ0v) is 13.0. The van der Waals surface area contributed by atoms with Crippen LogP contribution in [0.25, 0.3) is 0 Å². The first-order valence-electron chi connectivity index (χ1n) is 8.11. The van der Waals surface area contributed by atoms with Gasteiger partial charge in [-0.2, -0.15) is 0 Å². The third kappa shape index (κ3) is 2.54. The zero-order chi connectivity index (χ0) is 15.1. The number of carbonyl (C=O) groups excluding carboxylic acids is 1. The van der Waals surface area contributed by atoms with Gasteiger partial charge < -0.3 is 14.4 Å². The Morgan fingerprint density at radius 2 is 2.09 bits per heavy atom. The Labute approximate surface area is 130 Å². The largest absolute Gasteiger partial charge is 0.454 e. The lowest BCUT2D eigenvalue weighted by atomic mass is 10.0. The first kappa shape index (κ1) is 13.9. The molecular formula is C17H22N2O3. The van der Waals surface area contributed by atoms with Gasteiger partial charge in [-0.3, -0.25) is 9.69 Å². The van der Waals surface area contributed by atoms with E-state index in [9.17, 15) is 4.79 Å². The molecule has 0 bridgehead atoms. The maximum atomic E-state index is 12.4. The van der Waals surface area contributed by atoms with Gasteiger partial charge in [0.15, 0.2) is 11.5 Å². The molecule has 1 atom stereocenters. The summed E-state index contributed by atoms with van der Waals surface area (Å²) in [7, 11) is 1.94. The van der Waals surface area contributed by atoms with Gasteiger partial charge in [0.1, 0.15) is 0 Å². The normalized spacial score (nSPS) is 23.8. The molecule has 0 spiro atoms. The van der Waals surface area contributed by atoms with Crippen LogP contribution in [0.15, 0.2) is 18.2 Å². The highest BCUT2D eigenvalue weighted by molar-refractivity contribution is 5.78. The van der Waals surface area contributed by atoms with Gasteiger partial charge in [0.2, 0.25) is 12.7 Å². The summed E-state index contributed by atoms with van der Waals surface area (Å²) in [6.07, 6.45) is 4.56. The van der Waals surface area contributed by atoms with E-state index < -0.39 is 0 Å². The van der Waals surface area contributed by atoms with Gasteiger partial charge in [0.25, 0.3) is 0 Å². The molecule has 1 saturated heterocycles. The fraction of sp³-hybridized carbons (Fsp3) is 0.588. The molecule has 118 valence electrons. The fourth-order valence-corrected chi connectivity index (χ4v) is 3.46. The summed E-state index contributed by atoms with van der Waals surface area (Å²) < 4.78 is 10.9. The lowest BCUT2D eigenvalue weighted by Gasteiger charge is -2.27. The number of likely N-dealkylation sites (N-methyl/N-ethyl adjacent to an activating group) is 1. The predicted molar refractivity (Wildman–Crippen MR) is 81.9 cm³/mol. The molecule has 1 aromatic carbocycles. The Morgan fingerprint density at radius 1 is 1.27 bits per heavy atom. The number of benzene rings is 1. The molecule has 2 fully saturated rings. The van der Waals surface area contributed by atoms with E-state index in [1.807, 2.05) is 18.0 Å². The summed E-state index contributed by atoms with van der Waals surface area (Å²) >= 11 is 0. The standard InChI is InChI=1S/C17H22N2O3/c1-18(13-5-6-13)17(20)10-19-8-2-3-14(19)12-4-7-15-16(9-12)22-11-21-15/h4,7,9,13-14H,2-3,5-6,8,10-11H2,1H3. The van der Waals surface area contributed by atoms with Crippen LogP contribution >= 0.6 is 0 Å². The monoisotopic (exact) mass is 302 g/mol. The van der Waals surface area contributed by atoms with Crippen molar-refractivity contribution in [2.75, 3.05) is 26.9 Å². The van der Waals surface area contributed by atoms with Crippen LogP contribution in [-0.4, -0.2) is 48.7 Å². The van der Waals surface area contributed by atoms with Crippen molar-refractivity contribution in [1.82, 2.24) is 9.80 Å². The first-order chi connectivity index (χ1) is 10.7. The summed E-state index contributed by atoms with van der Waals surface area (Å²) in [5, 5.41) is 0. The molecule has 5 heteroatoms. The molecule has 0 N–H and O–H groups in total. The number of hydrogen-bond acceptors (Lipinski definition) is 4. The van der Waals surface area contributed by atoms with Gasteiger partial charge in [-0.25, -0.2) is 0 Å². The second-order valence-corrected chi connectivity index (χ2v) is 6.48. The zero-order valence-electron chi connectivity index (χ0n) is 13.0. The molecule has 1 aliphatic carbocycles. The second kappa shape index (κ2) is 5.47. The summed E-state index contributed by atoms with van der Waals surface area (Å²) in [6, 6.07) is 6.95. The van der Waals surface area contributed by atoms with Crippen LogP contribution in [0.4, 0.5) is 0 Å². The van der Waals surface area contributed by atoms with Gasteiger partial charge in [-0.15, -0.1) is 0 Å². The topological polar surface area (TPSA) is 42.0 Å². The number of carbonyl (C=O) groups is 1. The van der Waals surface area contributed by atoms with Crippen molar-refractivity contribution < 1.29 is 14.3 Å². The van der Waals surface area contributed by atoms with Crippen molar-refractivity contribution in [2.24, 2.45) is 0 Å². The number of fused-ring (bicyclic) bond motifs is 1. The van der Waals surface area contributed by atoms with Gasteiger partial charge >= 0.3 is 0 Å². The highest BCUT2D eigenvalue weighted by Gasteiger charge is 2.33. The van der Waals surface area contributed by atoms with Crippen LogP contribution < -0.4 is 9.47 Å². The average Bonchev–Trinajstić information content (AvgIpc) is 3.09. The molecule has 1 saturated carbocycles. The fourth-order valence-electron chi connectivity index (χ4n) is 3.46. The third-order valence-electron chi connectivity index (χ3n) is 4.97. The van der Waals surface area contributed by atoms with Gasteiger partial charge in [-0.1, -0.05) is 6.07 Å². The third-order valence-corrected chi connectivity index (χ3v) is 4.97. The van der Waals surface area contributed by atoms with Gasteiger partial charge in [-0.05, 0) is 49.9 Å². The van der Waals surface area contributed by atoms with Crippen molar-refractivity contribution in [3.63, 3.8) is 0 Å². The molecule has 4 rings (SSSR count). The smallest absolute Gasteiger partial charge is 0.236 e. The van der Waals surface area contributed by atoms with Crippen LogP contribution in [0.2, 0.25) is 0 Å². The van der Waals surface area contributed by atoms with Crippen molar-refractivity contribution in [1.29, 1.82) is 0 Å². The minimum Gasteiger partial charge on any atom is -0.454 e. The van der Waals surface area contributed by atoms with Crippen LogP contribution in [0.3, 0.4) is 0 Å². The molecule has 0 radical (unpaired) electrons. The van der Waals surface area contributed by atoms with E-state index in [-0.39, 0.29) is 5.91 Å². The number of rotatable bonds is 4. The molecule has 0 aromatic heterocycles. The lowest BCUT2D eigenvalue weighted by molar-refractivity contribution is -0.131. The van der Waals surface area contributed by atoms with E-state index in [2.05, 4.69) is 17.0 Å². The van der Waals surface area contributed by atoms with Crippen LogP contribution in [0.5, 0.6) is 11.5 Å². The van der Waals surface area contributed by atoms with Crippen LogP contribution in [0, 0.1) is 0 Å². The molecule has 5 nitrogen and oxygen atoms in total. The van der Waals surface area contributed by atoms with Gasteiger partial charge in [0, 0.05) is 19.1 Å². The summed E-state index contributed by atoms with van der Waals surface area (Å²) in [4.78, 5) is 16.6. The van der Waals surface area contributed by atoms with Crippen LogP contribution in [0.1, 0.15) is 37.3 Å². The Balaban J connectivity index is 1.47. The van der Waals surface area contributed by atoms with E-state index in [4.69, 9.17) is 9.47 Å². The number of likely N-dealkylation sites (tertiary alicyclic amines) is 1. The predicted octanol–water partition coefficient (Wildman–Crippen LogP) is 2.17. The second-order valence-electron chi connectivity index (χ2n) is 6.48. The number of nitrogens with zero attached hydrogens (tertiary/aromatic N) is 2. The number of hydrogen-bond donors (Lipinski definition) is 0. The van der Waals surface area contributed by atoms with Crippen molar-refractivity contribution in [3.05, 3.63) is 23.8 Å². The summed E-state index contributed by atoms with van der Waals surface area (Å²) in [6.45, 7) is 1.81. The summed E-state index contributed by atoms with van der Waals surface area (Å²) in [5.41, 5.74) is 1.23. The molecule has 2 aliphatic heterocycles. The molecule has 3 aliphatic rings. The first-order valence-corrected chi connectivity index (χ1v) is 8.11. The highest BCUT2D eigenvalue weighted by Crippen LogP contribution is 2.39. The van der Waals surface area contributed by atoms with E-state index in [1.54, 1.807) is 0 Å². The van der Waals surface area contributed by atoms with Gasteiger partial charge in [0.05, 0.1) is 6.54 Å². The highest BCUT2D eigenvalue weighted by atomic mass is 16.7. The molecule has 1 amide bonds. The number of amides is 1. The van der Waals surface area contributed by atoms with E-state index in [0.29, 0.717) is 25.4 Å². The SMILES string of the molecule is CN(C(=O)CN1CCCC1c1ccc2c(c1)OCO2)C1CC1. The van der Waals surface area contributed by atoms with E-state index in [0.717, 1.165) is 43.7 Å². The molecule has 1 aromatic rings. The minimum atomic E-state index is 0.246. The van der Waals surface area contributed by atoms with Crippen molar-refractivity contribution in [2.45, 2.75) is 37.8 Å². The Bertz CT molecular complexity index is 585. The summed E-state index contributed by atoms with van der Waals surface area (Å²) in [5.74, 6) is 1.89. The molecule has 1 unspecified atom stereocenters. The maximum absolute atomic E-state index is 12.4.